The van der Waals surface area contributed by atoms with Gasteiger partial charge in [-0.25, -0.2) is 0 Å². The molecule has 0 aromatic carbocycles. The normalized spacial score (nSPS) is 20.5. The fourth-order valence-electron chi connectivity index (χ4n) is 3.13. The average molecular weight is 287 g/mol. The maximum Gasteiger partial charge on any atom is 0.0931 e. The molecule has 0 spiro atoms. The van der Waals surface area contributed by atoms with Crippen molar-refractivity contribution in [2.24, 2.45) is 5.73 Å². The molecule has 1 heterocycles. The molecule has 1 aromatic rings. The van der Waals surface area contributed by atoms with Crippen LogP contribution in [-0.2, 0) is 0 Å². The third-order valence-electron chi connectivity index (χ3n) is 3.90. The van der Waals surface area contributed by atoms with Crippen LogP contribution in [0.1, 0.15) is 50.4 Å². The lowest BCUT2D eigenvalue weighted by molar-refractivity contribution is 0.129. The fourth-order valence-corrected chi connectivity index (χ4v) is 4.43. The van der Waals surface area contributed by atoms with Crippen LogP contribution in [0.25, 0.3) is 0 Å². The minimum Gasteiger partial charge on any atom is -0.326 e. The average Bonchev–Trinajstić information content (AvgIpc) is 2.96. The fraction of sp³-hybridized carbons (Fsp3) is 0.714. The molecule has 0 aliphatic heterocycles. The van der Waals surface area contributed by atoms with Crippen molar-refractivity contribution in [1.82, 2.24) is 4.90 Å². The highest BCUT2D eigenvalue weighted by molar-refractivity contribution is 7.16. The quantitative estimate of drug-likeness (QED) is 0.885. The van der Waals surface area contributed by atoms with Gasteiger partial charge in [-0.3, -0.25) is 4.90 Å². The van der Waals surface area contributed by atoms with E-state index in [1.165, 1.54) is 30.6 Å². The molecule has 2 nitrogen and oxygen atoms in total. The maximum absolute atomic E-state index is 6.24. The van der Waals surface area contributed by atoms with Crippen LogP contribution in [0.2, 0.25) is 4.34 Å². The maximum atomic E-state index is 6.24. The summed E-state index contributed by atoms with van der Waals surface area (Å²) in [6.45, 7) is 5.41. The van der Waals surface area contributed by atoms with Gasteiger partial charge in [0.15, 0.2) is 0 Å². The molecule has 2 atom stereocenters. The van der Waals surface area contributed by atoms with Gasteiger partial charge in [-0.05, 0) is 38.4 Å². The molecule has 1 aliphatic rings. The Labute approximate surface area is 119 Å². The highest BCUT2D eigenvalue weighted by Crippen LogP contribution is 2.36. The topological polar surface area (TPSA) is 29.3 Å². The molecule has 1 aliphatic carbocycles. The summed E-state index contributed by atoms with van der Waals surface area (Å²) in [7, 11) is 0. The molecule has 2 rings (SSSR count). The van der Waals surface area contributed by atoms with Gasteiger partial charge in [0.25, 0.3) is 0 Å². The van der Waals surface area contributed by atoms with E-state index < -0.39 is 0 Å². The minimum atomic E-state index is 0.139. The molecule has 0 amide bonds. The van der Waals surface area contributed by atoms with Gasteiger partial charge in [0.1, 0.15) is 0 Å². The number of thiophene rings is 1. The van der Waals surface area contributed by atoms with Gasteiger partial charge in [-0.2, -0.15) is 0 Å². The number of hydrogen-bond donors (Lipinski definition) is 1. The largest absolute Gasteiger partial charge is 0.326 e. The van der Waals surface area contributed by atoms with Crippen molar-refractivity contribution in [3.8, 4) is 0 Å². The first-order chi connectivity index (χ1) is 8.63. The van der Waals surface area contributed by atoms with E-state index in [9.17, 15) is 0 Å². The second-order valence-corrected chi connectivity index (χ2v) is 6.96. The number of halogens is 1. The van der Waals surface area contributed by atoms with Crippen LogP contribution in [0.15, 0.2) is 12.1 Å². The van der Waals surface area contributed by atoms with Crippen molar-refractivity contribution in [3.63, 3.8) is 0 Å². The first-order valence-electron chi connectivity index (χ1n) is 6.90. The number of hydrogen-bond acceptors (Lipinski definition) is 3. The number of rotatable bonds is 5. The first kappa shape index (κ1) is 14.3. The monoisotopic (exact) mass is 286 g/mol. The molecule has 18 heavy (non-hydrogen) atoms. The molecular formula is C14H23ClN2S. The van der Waals surface area contributed by atoms with Gasteiger partial charge in [-0.1, -0.05) is 31.4 Å². The van der Waals surface area contributed by atoms with Crippen LogP contribution >= 0.6 is 22.9 Å². The van der Waals surface area contributed by atoms with Crippen LogP contribution in [0.5, 0.6) is 0 Å². The molecular weight excluding hydrogens is 264 g/mol. The van der Waals surface area contributed by atoms with Gasteiger partial charge in [-0.15, -0.1) is 11.3 Å². The smallest absolute Gasteiger partial charge is 0.0931 e. The lowest BCUT2D eigenvalue weighted by Crippen LogP contribution is -2.43. The van der Waals surface area contributed by atoms with Crippen molar-refractivity contribution in [3.05, 3.63) is 21.3 Å². The highest BCUT2D eigenvalue weighted by atomic mass is 35.5. The standard InChI is InChI=1S/C14H23ClN2S/c1-3-17(11-6-4-5-7-11)14(10(2)16)12-8-9-13(15)18-12/h8-11,14H,3-7,16H2,1-2H3. The van der Waals surface area contributed by atoms with Crippen molar-refractivity contribution in [1.29, 1.82) is 0 Å². The van der Waals surface area contributed by atoms with Gasteiger partial charge >= 0.3 is 0 Å². The first-order valence-corrected chi connectivity index (χ1v) is 8.09. The zero-order valence-corrected chi connectivity index (χ0v) is 12.8. The third-order valence-corrected chi connectivity index (χ3v) is 5.20. The molecule has 0 bridgehead atoms. The second-order valence-electron chi connectivity index (χ2n) is 5.21. The molecule has 0 radical (unpaired) electrons. The summed E-state index contributed by atoms with van der Waals surface area (Å²) in [4.78, 5) is 3.89. The Balaban J connectivity index is 2.22. The van der Waals surface area contributed by atoms with Crippen molar-refractivity contribution >= 4 is 22.9 Å². The molecule has 1 aromatic heterocycles. The molecule has 2 N–H and O–H groups in total. The summed E-state index contributed by atoms with van der Waals surface area (Å²) in [5.74, 6) is 0. The summed E-state index contributed by atoms with van der Waals surface area (Å²) in [6, 6.07) is 5.28. The Morgan fingerprint density at radius 2 is 2.11 bits per heavy atom. The molecule has 2 unspecified atom stereocenters. The molecule has 0 saturated heterocycles. The van der Waals surface area contributed by atoms with Crippen molar-refractivity contribution in [2.75, 3.05) is 6.54 Å². The summed E-state index contributed by atoms with van der Waals surface area (Å²) in [6.07, 6.45) is 5.35. The van der Waals surface area contributed by atoms with Gasteiger partial charge < -0.3 is 5.73 Å². The van der Waals surface area contributed by atoms with Gasteiger partial charge in [0.05, 0.1) is 10.4 Å². The Morgan fingerprint density at radius 3 is 2.56 bits per heavy atom. The van der Waals surface area contributed by atoms with Crippen LogP contribution in [0.3, 0.4) is 0 Å². The van der Waals surface area contributed by atoms with Gasteiger partial charge in [0, 0.05) is 17.0 Å². The van der Waals surface area contributed by atoms with E-state index in [2.05, 4.69) is 24.8 Å². The van der Waals surface area contributed by atoms with E-state index in [1.54, 1.807) is 11.3 Å². The van der Waals surface area contributed by atoms with Gasteiger partial charge in [0.2, 0.25) is 0 Å². The van der Waals surface area contributed by atoms with Crippen molar-refractivity contribution in [2.45, 2.75) is 57.7 Å². The van der Waals surface area contributed by atoms with E-state index in [-0.39, 0.29) is 6.04 Å². The minimum absolute atomic E-state index is 0.139. The second kappa shape index (κ2) is 6.38. The molecule has 1 saturated carbocycles. The lowest BCUT2D eigenvalue weighted by atomic mass is 10.0. The van der Waals surface area contributed by atoms with Crippen LogP contribution in [0, 0.1) is 0 Å². The molecule has 1 fully saturated rings. The Bertz CT molecular complexity index is 372. The van der Waals surface area contributed by atoms with E-state index in [0.29, 0.717) is 12.1 Å². The SMILES string of the molecule is CCN(C1CCCC1)C(c1ccc(Cl)s1)C(C)N. The van der Waals surface area contributed by atoms with Crippen LogP contribution < -0.4 is 5.73 Å². The summed E-state index contributed by atoms with van der Waals surface area (Å²) in [5.41, 5.74) is 6.24. The lowest BCUT2D eigenvalue weighted by Gasteiger charge is -2.37. The van der Waals surface area contributed by atoms with E-state index in [4.69, 9.17) is 17.3 Å². The Morgan fingerprint density at radius 1 is 1.44 bits per heavy atom. The van der Waals surface area contributed by atoms with E-state index in [1.807, 2.05) is 6.07 Å². The summed E-state index contributed by atoms with van der Waals surface area (Å²) in [5, 5.41) is 0. The zero-order valence-electron chi connectivity index (χ0n) is 11.2. The molecule has 4 heteroatoms. The predicted molar refractivity (Wildman–Crippen MR) is 80.4 cm³/mol. The Kier molecular flexibility index (Phi) is 5.07. The van der Waals surface area contributed by atoms with Crippen LogP contribution in [0.4, 0.5) is 0 Å². The zero-order chi connectivity index (χ0) is 13.1. The number of nitrogens with zero attached hydrogens (tertiary/aromatic N) is 1. The predicted octanol–water partition coefficient (Wildman–Crippen LogP) is 4.05. The van der Waals surface area contributed by atoms with E-state index >= 15 is 0 Å². The molecule has 102 valence electrons. The summed E-state index contributed by atoms with van der Waals surface area (Å²) >= 11 is 7.75. The van der Waals surface area contributed by atoms with E-state index in [0.717, 1.165) is 10.9 Å². The Hall–Kier alpha value is -0.0900. The number of nitrogens with two attached hydrogens (primary N) is 1. The highest BCUT2D eigenvalue weighted by Gasteiger charge is 2.31. The summed E-state index contributed by atoms with van der Waals surface area (Å²) < 4.78 is 0.859. The van der Waals surface area contributed by atoms with Crippen molar-refractivity contribution < 1.29 is 0 Å². The van der Waals surface area contributed by atoms with Crippen LogP contribution in [-0.4, -0.2) is 23.5 Å². The third kappa shape index (κ3) is 3.08. The number of likely N-dealkylation sites (N-methyl/N-ethyl adjacent to an activating group) is 1.